The minimum atomic E-state index is -0.358. The van der Waals surface area contributed by atoms with Crippen LogP contribution in [0.5, 0.6) is 0 Å². The van der Waals surface area contributed by atoms with Crippen LogP contribution in [0.3, 0.4) is 0 Å². The van der Waals surface area contributed by atoms with Crippen LogP contribution in [-0.4, -0.2) is 9.97 Å². The van der Waals surface area contributed by atoms with Crippen LogP contribution in [0.1, 0.15) is 0 Å². The number of hydrogen-bond acceptors (Lipinski definition) is 2. The van der Waals surface area contributed by atoms with E-state index in [0.717, 1.165) is 5.56 Å². The molecule has 2 nitrogen and oxygen atoms in total. The van der Waals surface area contributed by atoms with Gasteiger partial charge in [0.05, 0.1) is 5.52 Å². The second-order valence-corrected chi connectivity index (χ2v) is 4.47. The smallest absolute Gasteiger partial charge is 0.139 e. The number of H-pyrrole nitrogens is 1. The maximum absolute atomic E-state index is 13.2. The normalized spacial score (nSPS) is 10.8. The first-order chi connectivity index (χ1) is 9.13. The van der Waals surface area contributed by atoms with Crippen molar-refractivity contribution in [2.24, 2.45) is 0 Å². The molecule has 19 heavy (non-hydrogen) atoms. The Labute approximate surface area is 112 Å². The number of rotatable bonds is 1. The molecule has 2 aromatic carbocycles. The molecular weight excluding hydrogens is 266 g/mol. The average Bonchev–Trinajstić information content (AvgIpc) is 2.40. The second kappa shape index (κ2) is 4.51. The van der Waals surface area contributed by atoms with E-state index in [1.54, 1.807) is 18.2 Å². The minimum Gasteiger partial charge on any atom is -0.339 e. The molecule has 5 heteroatoms. The van der Waals surface area contributed by atoms with E-state index in [9.17, 15) is 8.78 Å². The Hall–Kier alpha value is -2.14. The van der Waals surface area contributed by atoms with Gasteiger partial charge in [-0.25, -0.2) is 13.8 Å². The molecule has 0 bridgehead atoms. The standard InChI is InChI=1S/C14H8F2N2S/c15-9-3-1-8(2-4-9)13-17-12-6-5-10(16)7-11(12)14(19)18-13/h1-7H,(H,17,18,19). The summed E-state index contributed by atoms with van der Waals surface area (Å²) in [6, 6.07) is 10.2. The molecule has 3 aromatic rings. The zero-order valence-corrected chi connectivity index (χ0v) is 10.5. The number of nitrogens with one attached hydrogen (secondary N) is 1. The van der Waals surface area contributed by atoms with Crippen molar-refractivity contribution in [2.45, 2.75) is 0 Å². The summed E-state index contributed by atoms with van der Waals surface area (Å²) in [5, 5.41) is 0.556. The van der Waals surface area contributed by atoms with Crippen molar-refractivity contribution in [3.8, 4) is 11.4 Å². The van der Waals surface area contributed by atoms with E-state index in [4.69, 9.17) is 12.2 Å². The van der Waals surface area contributed by atoms with Crippen molar-refractivity contribution in [1.29, 1.82) is 0 Å². The third-order valence-electron chi connectivity index (χ3n) is 2.80. The highest BCUT2D eigenvalue weighted by molar-refractivity contribution is 7.71. The molecule has 3 rings (SSSR count). The third kappa shape index (κ3) is 2.24. The molecule has 94 valence electrons. The van der Waals surface area contributed by atoms with Crippen molar-refractivity contribution in [2.75, 3.05) is 0 Å². The lowest BCUT2D eigenvalue weighted by molar-refractivity contribution is 0.628. The van der Waals surface area contributed by atoms with Gasteiger partial charge in [0, 0.05) is 10.9 Å². The van der Waals surface area contributed by atoms with Gasteiger partial charge in [-0.2, -0.15) is 0 Å². The first-order valence-electron chi connectivity index (χ1n) is 5.59. The fourth-order valence-corrected chi connectivity index (χ4v) is 2.12. The molecule has 0 aliphatic carbocycles. The number of fused-ring (bicyclic) bond motifs is 1. The van der Waals surface area contributed by atoms with Crippen LogP contribution in [0, 0.1) is 16.3 Å². The molecule has 0 aliphatic heterocycles. The van der Waals surface area contributed by atoms with Gasteiger partial charge >= 0.3 is 0 Å². The predicted molar refractivity (Wildman–Crippen MR) is 72.3 cm³/mol. The maximum Gasteiger partial charge on any atom is 0.139 e. The topological polar surface area (TPSA) is 28.7 Å². The van der Waals surface area contributed by atoms with E-state index < -0.39 is 0 Å². The van der Waals surface area contributed by atoms with Crippen LogP contribution in [0.4, 0.5) is 8.78 Å². The average molecular weight is 274 g/mol. The first kappa shape index (κ1) is 11.9. The van der Waals surface area contributed by atoms with Gasteiger partial charge in [0.1, 0.15) is 22.1 Å². The van der Waals surface area contributed by atoms with Gasteiger partial charge in [0.15, 0.2) is 0 Å². The summed E-state index contributed by atoms with van der Waals surface area (Å²) in [5.74, 6) is -0.141. The van der Waals surface area contributed by atoms with Gasteiger partial charge in [-0.15, -0.1) is 0 Å². The number of nitrogens with zero attached hydrogens (tertiary/aromatic N) is 1. The van der Waals surface area contributed by atoms with Crippen molar-refractivity contribution >= 4 is 23.1 Å². The zero-order valence-electron chi connectivity index (χ0n) is 9.65. The van der Waals surface area contributed by atoms with E-state index in [-0.39, 0.29) is 11.6 Å². The summed E-state index contributed by atoms with van der Waals surface area (Å²) in [7, 11) is 0. The minimum absolute atomic E-state index is 0.313. The quantitative estimate of drug-likeness (QED) is 0.672. The molecule has 0 radical (unpaired) electrons. The molecule has 1 heterocycles. The Morgan fingerprint density at radius 1 is 0.947 bits per heavy atom. The number of benzene rings is 2. The van der Waals surface area contributed by atoms with Crippen LogP contribution >= 0.6 is 12.2 Å². The Morgan fingerprint density at radius 2 is 1.63 bits per heavy atom. The van der Waals surface area contributed by atoms with Crippen molar-refractivity contribution in [3.05, 3.63) is 58.7 Å². The molecule has 0 amide bonds. The lowest BCUT2D eigenvalue weighted by Gasteiger charge is -2.04. The third-order valence-corrected chi connectivity index (χ3v) is 3.11. The Bertz CT molecular complexity index is 810. The lowest BCUT2D eigenvalue weighted by Crippen LogP contribution is -1.92. The molecule has 0 aliphatic rings. The van der Waals surface area contributed by atoms with Crippen LogP contribution in [0.25, 0.3) is 22.3 Å². The van der Waals surface area contributed by atoms with E-state index in [2.05, 4.69) is 9.97 Å². The van der Waals surface area contributed by atoms with Crippen LogP contribution in [-0.2, 0) is 0 Å². The van der Waals surface area contributed by atoms with Gasteiger partial charge in [0.25, 0.3) is 0 Å². The second-order valence-electron chi connectivity index (χ2n) is 4.09. The van der Waals surface area contributed by atoms with Crippen LogP contribution < -0.4 is 0 Å². The van der Waals surface area contributed by atoms with Crippen molar-refractivity contribution in [1.82, 2.24) is 9.97 Å². The summed E-state index contributed by atoms with van der Waals surface area (Å²) in [6.45, 7) is 0. The molecule has 0 spiro atoms. The fourth-order valence-electron chi connectivity index (χ4n) is 1.86. The van der Waals surface area contributed by atoms with Crippen LogP contribution in [0.15, 0.2) is 42.5 Å². The SMILES string of the molecule is Fc1ccc(-c2nc(=S)c3cc(F)ccc3[nH]2)cc1. The lowest BCUT2D eigenvalue weighted by atomic mass is 10.2. The Balaban J connectivity index is 2.24. The molecule has 0 saturated carbocycles. The molecule has 1 aromatic heterocycles. The molecular formula is C14H8F2N2S. The number of aromatic amines is 1. The number of halogens is 2. The summed E-state index contributed by atoms with van der Waals surface area (Å²) in [4.78, 5) is 7.28. The summed E-state index contributed by atoms with van der Waals surface area (Å²) < 4.78 is 26.4. The van der Waals surface area contributed by atoms with E-state index in [1.165, 1.54) is 24.3 Å². The monoisotopic (exact) mass is 274 g/mol. The van der Waals surface area contributed by atoms with Gasteiger partial charge in [-0.05, 0) is 42.5 Å². The molecule has 0 saturated heterocycles. The maximum atomic E-state index is 13.2. The summed E-state index contributed by atoms with van der Waals surface area (Å²) >= 11 is 5.15. The van der Waals surface area contributed by atoms with Gasteiger partial charge in [-0.3, -0.25) is 0 Å². The fraction of sp³-hybridized carbons (Fsp3) is 0. The van der Waals surface area contributed by atoms with Crippen LogP contribution in [0.2, 0.25) is 0 Å². The van der Waals surface area contributed by atoms with Crippen molar-refractivity contribution < 1.29 is 8.78 Å². The highest BCUT2D eigenvalue weighted by Crippen LogP contribution is 2.20. The predicted octanol–water partition coefficient (Wildman–Crippen LogP) is 4.24. The zero-order chi connectivity index (χ0) is 13.4. The Morgan fingerprint density at radius 3 is 2.37 bits per heavy atom. The highest BCUT2D eigenvalue weighted by atomic mass is 32.1. The first-order valence-corrected chi connectivity index (χ1v) is 6.00. The number of aromatic nitrogens is 2. The highest BCUT2D eigenvalue weighted by Gasteiger charge is 2.05. The van der Waals surface area contributed by atoms with Gasteiger partial charge < -0.3 is 4.98 Å². The molecule has 0 fully saturated rings. The van der Waals surface area contributed by atoms with Crippen molar-refractivity contribution in [3.63, 3.8) is 0 Å². The molecule has 1 N–H and O–H groups in total. The molecule has 0 atom stereocenters. The summed E-state index contributed by atoms with van der Waals surface area (Å²) in [5.41, 5.74) is 1.42. The van der Waals surface area contributed by atoms with Gasteiger partial charge in [-0.1, -0.05) is 12.2 Å². The number of hydrogen-bond donors (Lipinski definition) is 1. The van der Waals surface area contributed by atoms with Gasteiger partial charge in [0.2, 0.25) is 0 Å². The van der Waals surface area contributed by atoms with E-state index in [1.807, 2.05) is 0 Å². The molecule has 0 unspecified atom stereocenters. The largest absolute Gasteiger partial charge is 0.339 e. The summed E-state index contributed by atoms with van der Waals surface area (Å²) in [6.07, 6.45) is 0. The van der Waals surface area contributed by atoms with E-state index >= 15 is 0 Å². The van der Waals surface area contributed by atoms with E-state index in [0.29, 0.717) is 21.4 Å². The Kier molecular flexibility index (Phi) is 2.83.